The lowest BCUT2D eigenvalue weighted by Gasteiger charge is -2.29. The quantitative estimate of drug-likeness (QED) is 0.418. The van der Waals surface area contributed by atoms with Gasteiger partial charge < -0.3 is 29.6 Å². The molecule has 0 saturated heterocycles. The maximum Gasteiger partial charge on any atom is 0.135 e. The Hall–Kier alpha value is -1.82. The molecule has 2 atom stereocenters. The zero-order valence-corrected chi connectivity index (χ0v) is 8.34. The Kier molecular flexibility index (Phi) is 3.68. The van der Waals surface area contributed by atoms with Crippen LogP contribution in [0.5, 0.6) is 0 Å². The summed E-state index contributed by atoms with van der Waals surface area (Å²) in [5.74, 6) is -3.60. The van der Waals surface area contributed by atoms with Crippen LogP contribution in [0.1, 0.15) is 12.8 Å². The molecule has 0 fully saturated rings. The fourth-order valence-corrected chi connectivity index (χ4v) is 1.37. The van der Waals surface area contributed by atoms with E-state index in [1.54, 1.807) is 0 Å². The summed E-state index contributed by atoms with van der Waals surface area (Å²) in [6.07, 6.45) is -0.673. The molecule has 0 unspecified atom stereocenters. The molecule has 0 saturated carbocycles. The van der Waals surface area contributed by atoms with Crippen molar-refractivity contribution >= 4 is 11.9 Å². The normalized spacial score (nSPS) is 24.4. The van der Waals surface area contributed by atoms with E-state index in [1.807, 2.05) is 0 Å². The predicted octanol–water partition coefficient (Wildman–Crippen LogP) is -2.53. The Balaban J connectivity index is 2.68. The molecule has 16 heavy (non-hydrogen) atoms. The standard InChI is InChI=1S/C10H12O6/c1-5(9(12)13)16-8-4-6(10(14)15)2-3-7(8)11/h2,7-8,11H,1,3-4H2,(H,12,13)(H,14,15)/p-2/t7-,8-/m1/s1. The van der Waals surface area contributed by atoms with E-state index < -0.39 is 29.9 Å². The van der Waals surface area contributed by atoms with E-state index in [9.17, 15) is 24.9 Å². The molecule has 0 aromatic carbocycles. The van der Waals surface area contributed by atoms with Crippen molar-refractivity contribution in [1.82, 2.24) is 0 Å². The zero-order chi connectivity index (χ0) is 12.3. The summed E-state index contributed by atoms with van der Waals surface area (Å²) in [7, 11) is 0. The summed E-state index contributed by atoms with van der Waals surface area (Å²) in [6, 6.07) is 0. The van der Waals surface area contributed by atoms with Crippen molar-refractivity contribution in [1.29, 1.82) is 0 Å². The van der Waals surface area contributed by atoms with Gasteiger partial charge in [-0.1, -0.05) is 12.7 Å². The highest BCUT2D eigenvalue weighted by Crippen LogP contribution is 2.22. The minimum absolute atomic E-state index is 0.0264. The third kappa shape index (κ3) is 2.83. The Bertz CT molecular complexity index is 356. The fourth-order valence-electron chi connectivity index (χ4n) is 1.37. The predicted molar refractivity (Wildman–Crippen MR) is 47.4 cm³/mol. The highest BCUT2D eigenvalue weighted by atomic mass is 16.5. The molecule has 0 aromatic heterocycles. The first-order chi connectivity index (χ1) is 7.41. The molecule has 0 radical (unpaired) electrons. The SMILES string of the molecule is C=C(O[C@@H]1CC(C(=O)[O-])=CC[C@H]1O)C(=O)[O-]. The number of hydrogen-bond donors (Lipinski definition) is 1. The van der Waals surface area contributed by atoms with Crippen LogP contribution in [-0.2, 0) is 14.3 Å². The molecule has 0 amide bonds. The number of carboxylic acids is 2. The van der Waals surface area contributed by atoms with Crippen LogP contribution in [0.4, 0.5) is 0 Å². The maximum atomic E-state index is 10.6. The number of aliphatic hydroxyl groups is 1. The first-order valence-corrected chi connectivity index (χ1v) is 4.57. The largest absolute Gasteiger partial charge is 0.545 e. The summed E-state index contributed by atoms with van der Waals surface area (Å²) >= 11 is 0. The third-order valence-corrected chi connectivity index (χ3v) is 2.24. The minimum atomic E-state index is -1.60. The van der Waals surface area contributed by atoms with Crippen molar-refractivity contribution in [3.8, 4) is 0 Å². The lowest BCUT2D eigenvalue weighted by atomic mass is 9.94. The molecule has 0 spiro atoms. The van der Waals surface area contributed by atoms with Gasteiger partial charge >= 0.3 is 0 Å². The topological polar surface area (TPSA) is 110 Å². The Labute approximate surface area is 91.5 Å². The Morgan fingerprint density at radius 3 is 2.62 bits per heavy atom. The van der Waals surface area contributed by atoms with Gasteiger partial charge in [-0.15, -0.1) is 0 Å². The lowest BCUT2D eigenvalue weighted by molar-refractivity contribution is -0.304. The summed E-state index contributed by atoms with van der Waals surface area (Å²) in [4.78, 5) is 20.9. The molecule has 6 nitrogen and oxygen atoms in total. The second kappa shape index (κ2) is 4.80. The Morgan fingerprint density at radius 1 is 1.50 bits per heavy atom. The van der Waals surface area contributed by atoms with Gasteiger partial charge in [0, 0.05) is 6.42 Å². The molecule has 1 N–H and O–H groups in total. The first kappa shape index (κ1) is 12.3. The number of carbonyl (C=O) groups excluding carboxylic acids is 2. The second-order valence-corrected chi connectivity index (χ2v) is 3.39. The van der Waals surface area contributed by atoms with Crippen molar-refractivity contribution in [3.63, 3.8) is 0 Å². The van der Waals surface area contributed by atoms with E-state index in [0.717, 1.165) is 0 Å². The van der Waals surface area contributed by atoms with Gasteiger partial charge in [0.15, 0.2) is 0 Å². The van der Waals surface area contributed by atoms with Gasteiger partial charge in [0.1, 0.15) is 17.8 Å². The van der Waals surface area contributed by atoms with Gasteiger partial charge in [0.2, 0.25) is 0 Å². The molecule has 1 rings (SSSR count). The molecule has 0 aliphatic heterocycles. The smallest absolute Gasteiger partial charge is 0.135 e. The van der Waals surface area contributed by atoms with Crippen LogP contribution >= 0.6 is 0 Å². The molecule has 88 valence electrons. The summed E-state index contributed by atoms with van der Waals surface area (Å²) < 4.78 is 4.81. The number of aliphatic carboxylic acids is 2. The average molecular weight is 226 g/mol. The monoisotopic (exact) mass is 226 g/mol. The first-order valence-electron chi connectivity index (χ1n) is 4.57. The van der Waals surface area contributed by atoms with Crippen LogP contribution < -0.4 is 10.2 Å². The van der Waals surface area contributed by atoms with Crippen molar-refractivity contribution in [2.75, 3.05) is 0 Å². The maximum absolute atomic E-state index is 10.6. The number of carbonyl (C=O) groups is 2. The molecule has 0 heterocycles. The van der Waals surface area contributed by atoms with Gasteiger partial charge in [-0.2, -0.15) is 0 Å². The van der Waals surface area contributed by atoms with Crippen molar-refractivity contribution < 1.29 is 29.6 Å². The number of carboxylic acid groups (broad SMARTS) is 2. The number of hydrogen-bond acceptors (Lipinski definition) is 6. The fraction of sp³-hybridized carbons (Fsp3) is 0.400. The van der Waals surface area contributed by atoms with Crippen molar-refractivity contribution in [3.05, 3.63) is 24.0 Å². The average Bonchev–Trinajstić information content (AvgIpc) is 2.20. The number of aliphatic hydroxyl groups excluding tert-OH is 1. The van der Waals surface area contributed by atoms with Crippen LogP contribution in [0.15, 0.2) is 24.0 Å². The molecule has 0 bridgehead atoms. The van der Waals surface area contributed by atoms with Crippen molar-refractivity contribution in [2.45, 2.75) is 25.0 Å². The van der Waals surface area contributed by atoms with Gasteiger partial charge in [-0.25, -0.2) is 0 Å². The third-order valence-electron chi connectivity index (χ3n) is 2.24. The molecule has 6 heteroatoms. The highest BCUT2D eigenvalue weighted by Gasteiger charge is 2.26. The minimum Gasteiger partial charge on any atom is -0.545 e. The van der Waals surface area contributed by atoms with Crippen LogP contribution in [0.25, 0.3) is 0 Å². The van der Waals surface area contributed by atoms with Crippen LogP contribution in [-0.4, -0.2) is 29.3 Å². The number of ether oxygens (including phenoxy) is 1. The summed E-state index contributed by atoms with van der Waals surface area (Å²) in [6.45, 7) is 3.07. The van der Waals surface area contributed by atoms with Gasteiger partial charge in [-0.05, 0) is 12.0 Å². The summed E-state index contributed by atoms with van der Waals surface area (Å²) in [5, 5.41) is 30.4. The van der Waals surface area contributed by atoms with E-state index in [-0.39, 0.29) is 18.4 Å². The van der Waals surface area contributed by atoms with Crippen molar-refractivity contribution in [2.24, 2.45) is 0 Å². The number of rotatable bonds is 4. The van der Waals surface area contributed by atoms with E-state index in [0.29, 0.717) is 0 Å². The van der Waals surface area contributed by atoms with Crippen LogP contribution in [0.2, 0.25) is 0 Å². The molecular formula is C10H10O6-2. The van der Waals surface area contributed by atoms with E-state index in [1.165, 1.54) is 6.08 Å². The molecule has 0 aromatic rings. The van der Waals surface area contributed by atoms with E-state index >= 15 is 0 Å². The second-order valence-electron chi connectivity index (χ2n) is 3.39. The highest BCUT2D eigenvalue weighted by molar-refractivity contribution is 5.85. The molecule has 1 aliphatic rings. The van der Waals surface area contributed by atoms with Crippen LogP contribution in [0.3, 0.4) is 0 Å². The summed E-state index contributed by atoms with van der Waals surface area (Å²) in [5.41, 5.74) is -0.0264. The molecule has 1 aliphatic carbocycles. The lowest BCUT2D eigenvalue weighted by Crippen LogP contribution is -2.38. The van der Waals surface area contributed by atoms with E-state index in [4.69, 9.17) is 4.74 Å². The molecular weight excluding hydrogens is 216 g/mol. The van der Waals surface area contributed by atoms with E-state index in [2.05, 4.69) is 6.58 Å². The van der Waals surface area contributed by atoms with Gasteiger partial charge in [-0.3, -0.25) is 0 Å². The zero-order valence-electron chi connectivity index (χ0n) is 8.34. The Morgan fingerprint density at radius 2 is 2.12 bits per heavy atom. The van der Waals surface area contributed by atoms with Gasteiger partial charge in [0.25, 0.3) is 0 Å². The van der Waals surface area contributed by atoms with Crippen LogP contribution in [0, 0.1) is 0 Å². The van der Waals surface area contributed by atoms with Gasteiger partial charge in [0.05, 0.1) is 12.1 Å².